The number of carboxylic acids is 1. The van der Waals surface area contributed by atoms with Crippen LogP contribution in [0.3, 0.4) is 0 Å². The molecule has 0 bridgehead atoms. The van der Waals surface area contributed by atoms with Crippen molar-refractivity contribution in [3.8, 4) is 0 Å². The van der Waals surface area contributed by atoms with Gasteiger partial charge in [-0.1, -0.05) is 13.8 Å². The highest BCUT2D eigenvalue weighted by Gasteiger charge is 2.25. The molecule has 0 radical (unpaired) electrons. The molecule has 1 rings (SSSR count). The molecular formula is C13H19N3O6S. The van der Waals surface area contributed by atoms with Gasteiger partial charge in [-0.3, -0.25) is 10.1 Å². The molecule has 1 atom stereocenters. The third kappa shape index (κ3) is 4.89. The maximum atomic E-state index is 11.7. The van der Waals surface area contributed by atoms with Gasteiger partial charge < -0.3 is 10.4 Å². The van der Waals surface area contributed by atoms with E-state index in [1.165, 1.54) is 19.2 Å². The Morgan fingerprint density at radius 3 is 2.43 bits per heavy atom. The second-order valence-electron chi connectivity index (χ2n) is 5.31. The molecule has 1 aromatic carbocycles. The summed E-state index contributed by atoms with van der Waals surface area (Å²) >= 11 is 0. The molecule has 1 aromatic rings. The van der Waals surface area contributed by atoms with E-state index >= 15 is 0 Å². The molecule has 0 saturated heterocycles. The van der Waals surface area contributed by atoms with Crippen molar-refractivity contribution in [1.29, 1.82) is 0 Å². The number of anilines is 1. The van der Waals surface area contributed by atoms with Crippen LogP contribution in [0.15, 0.2) is 23.1 Å². The van der Waals surface area contributed by atoms with Crippen LogP contribution in [0.2, 0.25) is 0 Å². The van der Waals surface area contributed by atoms with E-state index in [0.717, 1.165) is 6.07 Å². The standard InChI is InChI=1S/C13H19N3O6S/c1-8(2)6-11(13(17)18)15-10-5-4-9(23(21,22)14-3)7-12(10)16(19)20/h4-5,7-8,11,14-15H,6H2,1-3H3,(H,17,18). The summed E-state index contributed by atoms with van der Waals surface area (Å²) in [5, 5.41) is 23.0. The van der Waals surface area contributed by atoms with Gasteiger partial charge in [0.2, 0.25) is 10.0 Å². The Bertz CT molecular complexity index is 702. The second kappa shape index (κ2) is 7.38. The quantitative estimate of drug-likeness (QED) is 0.478. The van der Waals surface area contributed by atoms with Gasteiger partial charge in [0.25, 0.3) is 5.69 Å². The Labute approximate surface area is 133 Å². The number of carbonyl (C=O) groups is 1. The predicted octanol–water partition coefficient (Wildman–Crippen LogP) is 1.41. The van der Waals surface area contributed by atoms with Crippen LogP contribution in [0.4, 0.5) is 11.4 Å². The molecule has 0 aliphatic rings. The molecule has 0 aliphatic heterocycles. The summed E-state index contributed by atoms with van der Waals surface area (Å²) in [6.07, 6.45) is 0.267. The van der Waals surface area contributed by atoms with Crippen LogP contribution in [0.1, 0.15) is 20.3 Å². The fraction of sp³-hybridized carbons (Fsp3) is 0.462. The fourth-order valence-electron chi connectivity index (χ4n) is 1.95. The minimum atomic E-state index is -3.83. The highest BCUT2D eigenvalue weighted by atomic mass is 32.2. The summed E-state index contributed by atoms with van der Waals surface area (Å²) < 4.78 is 25.5. The number of benzene rings is 1. The van der Waals surface area contributed by atoms with Crippen molar-refractivity contribution in [3.05, 3.63) is 28.3 Å². The van der Waals surface area contributed by atoms with Gasteiger partial charge in [-0.15, -0.1) is 0 Å². The lowest BCUT2D eigenvalue weighted by atomic mass is 10.0. The number of nitrogens with zero attached hydrogens (tertiary/aromatic N) is 1. The van der Waals surface area contributed by atoms with E-state index in [0.29, 0.717) is 0 Å². The molecule has 0 saturated carbocycles. The number of hydrogen-bond donors (Lipinski definition) is 3. The van der Waals surface area contributed by atoms with Crippen molar-refractivity contribution in [1.82, 2.24) is 4.72 Å². The molecule has 0 aromatic heterocycles. The van der Waals surface area contributed by atoms with Crippen LogP contribution < -0.4 is 10.0 Å². The summed E-state index contributed by atoms with van der Waals surface area (Å²) in [7, 11) is -2.64. The number of sulfonamides is 1. The van der Waals surface area contributed by atoms with Crippen molar-refractivity contribution in [2.24, 2.45) is 5.92 Å². The average Bonchev–Trinajstić information content (AvgIpc) is 2.45. The number of nitrogens with one attached hydrogen (secondary N) is 2. The maximum absolute atomic E-state index is 11.7. The smallest absolute Gasteiger partial charge is 0.326 e. The Morgan fingerprint density at radius 1 is 1.39 bits per heavy atom. The topological polar surface area (TPSA) is 139 Å². The van der Waals surface area contributed by atoms with Crippen LogP contribution in [0.5, 0.6) is 0 Å². The monoisotopic (exact) mass is 345 g/mol. The van der Waals surface area contributed by atoms with E-state index in [4.69, 9.17) is 0 Å². The lowest BCUT2D eigenvalue weighted by Gasteiger charge is -2.18. The summed E-state index contributed by atoms with van der Waals surface area (Å²) in [5.41, 5.74) is -0.547. The van der Waals surface area contributed by atoms with Crippen LogP contribution in [0, 0.1) is 16.0 Å². The van der Waals surface area contributed by atoms with E-state index in [9.17, 15) is 28.4 Å². The zero-order chi connectivity index (χ0) is 17.8. The molecule has 128 valence electrons. The van der Waals surface area contributed by atoms with Crippen molar-refractivity contribution in [2.75, 3.05) is 12.4 Å². The summed E-state index contributed by atoms with van der Waals surface area (Å²) in [4.78, 5) is 21.4. The first-order valence-corrected chi connectivity index (χ1v) is 8.28. The molecule has 0 amide bonds. The molecule has 9 nitrogen and oxygen atoms in total. The molecule has 1 unspecified atom stereocenters. The molecule has 0 heterocycles. The second-order valence-corrected chi connectivity index (χ2v) is 7.19. The molecule has 10 heteroatoms. The minimum Gasteiger partial charge on any atom is -0.480 e. The third-order valence-corrected chi connectivity index (χ3v) is 4.49. The molecule has 23 heavy (non-hydrogen) atoms. The SMILES string of the molecule is CNS(=O)(=O)c1ccc(NC(CC(C)C)C(=O)O)c([N+](=O)[O-])c1. The number of carboxylic acid groups (broad SMARTS) is 1. The van der Waals surface area contributed by atoms with E-state index in [2.05, 4.69) is 10.0 Å². The summed E-state index contributed by atoms with van der Waals surface area (Å²) in [6, 6.07) is 2.25. The van der Waals surface area contributed by atoms with Gasteiger partial charge in [-0.05, 0) is 31.5 Å². The highest BCUT2D eigenvalue weighted by Crippen LogP contribution is 2.28. The van der Waals surface area contributed by atoms with E-state index in [1.807, 2.05) is 13.8 Å². The van der Waals surface area contributed by atoms with E-state index in [-0.39, 0.29) is 22.9 Å². The van der Waals surface area contributed by atoms with Crippen LogP contribution in [0.25, 0.3) is 0 Å². The van der Waals surface area contributed by atoms with E-state index in [1.54, 1.807) is 0 Å². The number of hydrogen-bond acceptors (Lipinski definition) is 6. The third-order valence-electron chi connectivity index (χ3n) is 3.08. The van der Waals surface area contributed by atoms with Gasteiger partial charge in [0.15, 0.2) is 0 Å². The van der Waals surface area contributed by atoms with Gasteiger partial charge in [0.1, 0.15) is 11.7 Å². The van der Waals surface area contributed by atoms with Crippen molar-refractivity contribution >= 4 is 27.4 Å². The first kappa shape index (κ1) is 18.8. The van der Waals surface area contributed by atoms with Gasteiger partial charge >= 0.3 is 5.97 Å². The Hall–Kier alpha value is -2.20. The Kier molecular flexibility index (Phi) is 6.05. The first-order valence-electron chi connectivity index (χ1n) is 6.79. The largest absolute Gasteiger partial charge is 0.480 e. The number of nitro groups is 1. The van der Waals surface area contributed by atoms with Crippen LogP contribution >= 0.6 is 0 Å². The summed E-state index contributed by atoms with van der Waals surface area (Å²) in [6.45, 7) is 3.66. The summed E-state index contributed by atoms with van der Waals surface area (Å²) in [5.74, 6) is -1.08. The number of aliphatic carboxylic acids is 1. The normalized spacial score (nSPS) is 12.9. The van der Waals surface area contributed by atoms with Crippen LogP contribution in [-0.4, -0.2) is 37.5 Å². The number of rotatable bonds is 8. The van der Waals surface area contributed by atoms with Gasteiger partial charge in [0.05, 0.1) is 9.82 Å². The van der Waals surface area contributed by atoms with Crippen molar-refractivity contribution < 1.29 is 23.2 Å². The molecular weight excluding hydrogens is 326 g/mol. The molecule has 0 aliphatic carbocycles. The zero-order valence-electron chi connectivity index (χ0n) is 12.9. The predicted molar refractivity (Wildman–Crippen MR) is 83.8 cm³/mol. The first-order chi connectivity index (χ1) is 10.6. The Balaban J connectivity index is 3.26. The highest BCUT2D eigenvalue weighted by molar-refractivity contribution is 7.89. The van der Waals surface area contributed by atoms with E-state index < -0.39 is 32.6 Å². The van der Waals surface area contributed by atoms with Gasteiger partial charge in [-0.2, -0.15) is 0 Å². The average molecular weight is 345 g/mol. The minimum absolute atomic E-state index is 0.0434. The Morgan fingerprint density at radius 2 is 2.00 bits per heavy atom. The number of nitro benzene ring substituents is 1. The van der Waals surface area contributed by atoms with Crippen molar-refractivity contribution in [2.45, 2.75) is 31.2 Å². The zero-order valence-corrected chi connectivity index (χ0v) is 13.8. The fourth-order valence-corrected chi connectivity index (χ4v) is 2.70. The van der Waals surface area contributed by atoms with Crippen LogP contribution in [-0.2, 0) is 14.8 Å². The van der Waals surface area contributed by atoms with Crippen molar-refractivity contribution in [3.63, 3.8) is 0 Å². The molecule has 0 spiro atoms. The molecule has 3 N–H and O–H groups in total. The van der Waals surface area contributed by atoms with Gasteiger partial charge in [-0.25, -0.2) is 17.9 Å². The lowest BCUT2D eigenvalue weighted by Crippen LogP contribution is -2.31. The lowest BCUT2D eigenvalue weighted by molar-refractivity contribution is -0.384. The maximum Gasteiger partial charge on any atom is 0.326 e. The van der Waals surface area contributed by atoms with Gasteiger partial charge in [0, 0.05) is 6.07 Å². The molecule has 0 fully saturated rings.